The van der Waals surface area contributed by atoms with Crippen molar-refractivity contribution in [2.45, 2.75) is 52.5 Å². The third-order valence-corrected chi connectivity index (χ3v) is 2.56. The molecule has 0 saturated carbocycles. The Bertz CT molecular complexity index is 270. The minimum absolute atomic E-state index is 0.482. The molecule has 15 heavy (non-hydrogen) atoms. The molecule has 1 heterocycles. The topological polar surface area (TPSA) is 38.1 Å². The highest BCUT2D eigenvalue weighted by Gasteiger charge is 2.14. The smallest absolute Gasteiger partial charge is 0.181 e. The Hall–Kier alpha value is -0.830. The average molecular weight is 210 g/mol. The highest BCUT2D eigenvalue weighted by atomic mass is 16.3. The van der Waals surface area contributed by atoms with Gasteiger partial charge in [-0.05, 0) is 19.4 Å². The predicted octanol–water partition coefficient (Wildman–Crippen LogP) is 3.08. The van der Waals surface area contributed by atoms with E-state index in [0.717, 1.165) is 37.4 Å². The first-order valence-electron chi connectivity index (χ1n) is 5.92. The lowest BCUT2D eigenvalue weighted by atomic mass is 10.0. The molecule has 0 radical (unpaired) electrons. The SMILES string of the molecule is CCCNCc1ncoc1C(C)CCC. The zero-order valence-corrected chi connectivity index (χ0v) is 10.0. The molecule has 1 aromatic heterocycles. The van der Waals surface area contributed by atoms with Crippen LogP contribution in [-0.4, -0.2) is 11.5 Å². The van der Waals surface area contributed by atoms with Crippen molar-refractivity contribution >= 4 is 0 Å². The predicted molar refractivity (Wildman–Crippen MR) is 61.8 cm³/mol. The number of nitrogens with one attached hydrogen (secondary N) is 1. The molecule has 0 fully saturated rings. The summed E-state index contributed by atoms with van der Waals surface area (Å²) < 4.78 is 5.46. The van der Waals surface area contributed by atoms with Crippen molar-refractivity contribution in [2.24, 2.45) is 0 Å². The van der Waals surface area contributed by atoms with Crippen LogP contribution < -0.4 is 5.32 Å². The van der Waals surface area contributed by atoms with Gasteiger partial charge in [-0.2, -0.15) is 0 Å². The van der Waals surface area contributed by atoms with Crippen LogP contribution >= 0.6 is 0 Å². The van der Waals surface area contributed by atoms with Crippen molar-refractivity contribution in [3.63, 3.8) is 0 Å². The molecule has 0 bridgehead atoms. The van der Waals surface area contributed by atoms with Crippen LogP contribution in [0, 0.1) is 0 Å². The first kappa shape index (κ1) is 12.2. The van der Waals surface area contributed by atoms with E-state index in [-0.39, 0.29) is 0 Å². The molecule has 86 valence electrons. The third-order valence-electron chi connectivity index (χ3n) is 2.56. The first-order valence-corrected chi connectivity index (χ1v) is 5.92. The Morgan fingerprint density at radius 3 is 2.87 bits per heavy atom. The molecule has 1 atom stereocenters. The zero-order valence-electron chi connectivity index (χ0n) is 10.0. The summed E-state index contributed by atoms with van der Waals surface area (Å²) in [6.45, 7) is 8.42. The van der Waals surface area contributed by atoms with Crippen LogP contribution in [0.3, 0.4) is 0 Å². The lowest BCUT2D eigenvalue weighted by molar-refractivity contribution is 0.450. The minimum atomic E-state index is 0.482. The van der Waals surface area contributed by atoms with E-state index >= 15 is 0 Å². The quantitative estimate of drug-likeness (QED) is 0.703. The maximum absolute atomic E-state index is 5.46. The van der Waals surface area contributed by atoms with Crippen molar-refractivity contribution in [3.8, 4) is 0 Å². The van der Waals surface area contributed by atoms with Gasteiger partial charge in [0.05, 0.1) is 5.69 Å². The van der Waals surface area contributed by atoms with Crippen LogP contribution in [0.15, 0.2) is 10.8 Å². The van der Waals surface area contributed by atoms with E-state index in [2.05, 4.69) is 31.1 Å². The number of oxazole rings is 1. The van der Waals surface area contributed by atoms with Gasteiger partial charge in [-0.3, -0.25) is 0 Å². The average Bonchev–Trinajstić information content (AvgIpc) is 2.67. The maximum atomic E-state index is 5.46. The number of nitrogens with zero attached hydrogens (tertiary/aromatic N) is 1. The summed E-state index contributed by atoms with van der Waals surface area (Å²) in [6, 6.07) is 0. The van der Waals surface area contributed by atoms with Gasteiger partial charge < -0.3 is 9.73 Å². The molecule has 3 heteroatoms. The van der Waals surface area contributed by atoms with Gasteiger partial charge in [0, 0.05) is 12.5 Å². The molecule has 3 nitrogen and oxygen atoms in total. The standard InChI is InChI=1S/C12H22N2O/c1-4-6-10(3)12-11(14-9-15-12)8-13-7-5-2/h9-10,13H,4-8H2,1-3H3. The van der Waals surface area contributed by atoms with E-state index in [4.69, 9.17) is 4.42 Å². The van der Waals surface area contributed by atoms with Crippen LogP contribution in [0.4, 0.5) is 0 Å². The molecule has 0 spiro atoms. The molecule has 0 aromatic carbocycles. The fourth-order valence-electron chi connectivity index (χ4n) is 1.76. The summed E-state index contributed by atoms with van der Waals surface area (Å²) in [7, 11) is 0. The van der Waals surface area contributed by atoms with E-state index in [1.54, 1.807) is 6.39 Å². The lowest BCUT2D eigenvalue weighted by Crippen LogP contribution is -2.15. The molecule has 0 saturated heterocycles. The van der Waals surface area contributed by atoms with Crippen molar-refractivity contribution in [2.75, 3.05) is 6.54 Å². The number of hydrogen-bond donors (Lipinski definition) is 1. The molecule has 0 aliphatic heterocycles. The van der Waals surface area contributed by atoms with Crippen LogP contribution in [0.2, 0.25) is 0 Å². The Labute approximate surface area is 92.3 Å². The van der Waals surface area contributed by atoms with Crippen molar-refractivity contribution < 1.29 is 4.42 Å². The second-order valence-electron chi connectivity index (χ2n) is 4.03. The summed E-state index contributed by atoms with van der Waals surface area (Å²) >= 11 is 0. The molecular formula is C12H22N2O. The Morgan fingerprint density at radius 1 is 1.40 bits per heavy atom. The summed E-state index contributed by atoms with van der Waals surface area (Å²) in [4.78, 5) is 4.26. The van der Waals surface area contributed by atoms with Crippen molar-refractivity contribution in [1.29, 1.82) is 0 Å². The molecule has 1 aromatic rings. The van der Waals surface area contributed by atoms with Gasteiger partial charge in [0.25, 0.3) is 0 Å². The summed E-state index contributed by atoms with van der Waals surface area (Å²) in [6.07, 6.45) is 5.06. The molecule has 1 N–H and O–H groups in total. The number of rotatable bonds is 7. The van der Waals surface area contributed by atoms with Gasteiger partial charge in [-0.15, -0.1) is 0 Å². The Kier molecular flexibility index (Phi) is 5.40. The van der Waals surface area contributed by atoms with Crippen molar-refractivity contribution in [3.05, 3.63) is 17.8 Å². The molecule has 0 amide bonds. The monoisotopic (exact) mass is 210 g/mol. The highest BCUT2D eigenvalue weighted by Crippen LogP contribution is 2.23. The maximum Gasteiger partial charge on any atom is 0.181 e. The molecular weight excluding hydrogens is 188 g/mol. The second kappa shape index (κ2) is 6.62. The van der Waals surface area contributed by atoms with Gasteiger partial charge in [0.1, 0.15) is 5.76 Å². The highest BCUT2D eigenvalue weighted by molar-refractivity contribution is 5.11. The normalized spacial score (nSPS) is 13.0. The van der Waals surface area contributed by atoms with Gasteiger partial charge in [-0.25, -0.2) is 4.98 Å². The molecule has 0 aliphatic rings. The fourth-order valence-corrected chi connectivity index (χ4v) is 1.76. The van der Waals surface area contributed by atoms with E-state index in [1.807, 2.05) is 0 Å². The second-order valence-corrected chi connectivity index (χ2v) is 4.03. The van der Waals surface area contributed by atoms with Crippen LogP contribution in [0.1, 0.15) is 57.4 Å². The number of aromatic nitrogens is 1. The van der Waals surface area contributed by atoms with Gasteiger partial charge in [0.15, 0.2) is 6.39 Å². The summed E-state index contributed by atoms with van der Waals surface area (Å²) in [5.74, 6) is 1.54. The third kappa shape index (κ3) is 3.67. The van der Waals surface area contributed by atoms with E-state index in [9.17, 15) is 0 Å². The zero-order chi connectivity index (χ0) is 11.1. The Morgan fingerprint density at radius 2 is 2.20 bits per heavy atom. The van der Waals surface area contributed by atoms with E-state index < -0.39 is 0 Å². The summed E-state index contributed by atoms with van der Waals surface area (Å²) in [5, 5.41) is 3.35. The first-order chi connectivity index (χ1) is 7.29. The van der Waals surface area contributed by atoms with Crippen LogP contribution in [0.25, 0.3) is 0 Å². The van der Waals surface area contributed by atoms with Crippen molar-refractivity contribution in [1.82, 2.24) is 10.3 Å². The molecule has 0 aliphatic carbocycles. The van der Waals surface area contributed by atoms with Gasteiger partial charge in [-0.1, -0.05) is 27.2 Å². The fraction of sp³-hybridized carbons (Fsp3) is 0.750. The number of hydrogen-bond acceptors (Lipinski definition) is 3. The van der Waals surface area contributed by atoms with E-state index in [1.165, 1.54) is 6.42 Å². The van der Waals surface area contributed by atoms with E-state index in [0.29, 0.717) is 5.92 Å². The minimum Gasteiger partial charge on any atom is -0.448 e. The largest absolute Gasteiger partial charge is 0.448 e. The lowest BCUT2D eigenvalue weighted by Gasteiger charge is -2.08. The van der Waals surface area contributed by atoms with Crippen LogP contribution in [-0.2, 0) is 6.54 Å². The molecule has 1 unspecified atom stereocenters. The summed E-state index contributed by atoms with van der Waals surface area (Å²) in [5.41, 5.74) is 1.07. The van der Waals surface area contributed by atoms with Gasteiger partial charge in [0.2, 0.25) is 0 Å². The Balaban J connectivity index is 2.52. The molecule has 1 rings (SSSR count). The van der Waals surface area contributed by atoms with Crippen LogP contribution in [0.5, 0.6) is 0 Å². The van der Waals surface area contributed by atoms with Gasteiger partial charge >= 0.3 is 0 Å².